The van der Waals surface area contributed by atoms with Crippen molar-refractivity contribution in [1.29, 1.82) is 0 Å². The molecule has 10 heteroatoms. The second kappa shape index (κ2) is 8.59. The van der Waals surface area contributed by atoms with E-state index in [1.165, 1.54) is 30.2 Å². The number of imidazole rings is 1. The Balaban J connectivity index is 1.56. The highest BCUT2D eigenvalue weighted by atomic mass is 32.2. The molecule has 0 fully saturated rings. The van der Waals surface area contributed by atoms with Gasteiger partial charge in [0.2, 0.25) is 5.13 Å². The molecule has 0 saturated carbocycles. The van der Waals surface area contributed by atoms with Crippen LogP contribution in [0.2, 0.25) is 0 Å². The van der Waals surface area contributed by atoms with Crippen LogP contribution in [0.5, 0.6) is 0 Å². The fourth-order valence-corrected chi connectivity index (χ4v) is 3.60. The zero-order valence-corrected chi connectivity index (χ0v) is 15.4. The van der Waals surface area contributed by atoms with Crippen molar-refractivity contribution >= 4 is 40.1 Å². The van der Waals surface area contributed by atoms with Gasteiger partial charge in [0, 0.05) is 24.5 Å². The Morgan fingerprint density at radius 2 is 2.08 bits per heavy atom. The van der Waals surface area contributed by atoms with Crippen LogP contribution in [0.3, 0.4) is 0 Å². The minimum atomic E-state index is -0.341. The quantitative estimate of drug-likeness (QED) is 0.376. The largest absolute Gasteiger partial charge is 0.468 e. The van der Waals surface area contributed by atoms with Crippen molar-refractivity contribution in [3.05, 3.63) is 54.1 Å². The topological polar surface area (TPSA) is 99.0 Å². The third-order valence-electron chi connectivity index (χ3n) is 3.31. The summed E-state index contributed by atoms with van der Waals surface area (Å²) in [5.41, 5.74) is 1.59. The molecule has 8 nitrogen and oxygen atoms in total. The van der Waals surface area contributed by atoms with E-state index < -0.39 is 0 Å². The van der Waals surface area contributed by atoms with Gasteiger partial charge in [-0.2, -0.15) is 0 Å². The summed E-state index contributed by atoms with van der Waals surface area (Å²) in [6, 6.07) is 7.31. The van der Waals surface area contributed by atoms with E-state index in [0.29, 0.717) is 21.6 Å². The Kier molecular flexibility index (Phi) is 5.97. The van der Waals surface area contributed by atoms with Crippen LogP contribution in [0.25, 0.3) is 0 Å². The molecule has 0 aliphatic heterocycles. The van der Waals surface area contributed by atoms with Gasteiger partial charge in [0.05, 0.1) is 19.2 Å². The van der Waals surface area contributed by atoms with E-state index in [0.717, 1.165) is 5.56 Å². The number of anilines is 1. The van der Waals surface area contributed by atoms with Crippen LogP contribution < -0.4 is 5.32 Å². The van der Waals surface area contributed by atoms with Crippen LogP contribution in [0.4, 0.5) is 5.13 Å². The van der Waals surface area contributed by atoms with E-state index in [1.54, 1.807) is 24.7 Å². The molecule has 0 bridgehead atoms. The van der Waals surface area contributed by atoms with Crippen molar-refractivity contribution in [2.75, 3.05) is 18.2 Å². The highest BCUT2D eigenvalue weighted by Crippen LogP contribution is 2.25. The van der Waals surface area contributed by atoms with E-state index in [1.807, 2.05) is 22.9 Å². The molecule has 0 aliphatic carbocycles. The van der Waals surface area contributed by atoms with E-state index in [9.17, 15) is 9.59 Å². The van der Waals surface area contributed by atoms with Gasteiger partial charge < -0.3 is 9.30 Å². The molecule has 1 aromatic carbocycles. The molecule has 0 saturated heterocycles. The number of thioether (sulfide) groups is 1. The molecule has 1 N–H and O–H groups in total. The first-order valence-corrected chi connectivity index (χ1v) is 9.33. The summed E-state index contributed by atoms with van der Waals surface area (Å²) in [4.78, 5) is 27.4. The van der Waals surface area contributed by atoms with Crippen LogP contribution in [0, 0.1) is 0 Å². The van der Waals surface area contributed by atoms with E-state index >= 15 is 0 Å². The van der Waals surface area contributed by atoms with Gasteiger partial charge in [-0.05, 0) is 17.7 Å². The number of ether oxygens (including phenoxy) is 1. The van der Waals surface area contributed by atoms with Crippen molar-refractivity contribution in [2.24, 2.45) is 0 Å². The number of carbonyl (C=O) groups excluding carboxylic acids is 2. The molecule has 2 aromatic heterocycles. The molecule has 1 amide bonds. The average Bonchev–Trinajstić information content (AvgIpc) is 3.32. The van der Waals surface area contributed by atoms with Gasteiger partial charge >= 0.3 is 5.97 Å². The number of amides is 1. The number of nitrogens with one attached hydrogen (secondary N) is 1. The first kappa shape index (κ1) is 18.1. The molecular weight excluding hydrogens is 374 g/mol. The number of rotatable bonds is 7. The number of carbonyl (C=O) groups is 2. The predicted octanol–water partition coefficient (Wildman–Crippen LogP) is 2.30. The third kappa shape index (κ3) is 4.90. The summed E-state index contributed by atoms with van der Waals surface area (Å²) in [7, 11) is 1.33. The summed E-state index contributed by atoms with van der Waals surface area (Å²) in [6.45, 7) is 0.694. The number of methoxy groups -OCH3 is 1. The second-order valence-corrected chi connectivity index (χ2v) is 7.32. The molecule has 2 heterocycles. The maximum absolute atomic E-state index is 12.3. The first-order chi connectivity index (χ1) is 12.6. The molecule has 3 rings (SSSR count). The maximum atomic E-state index is 12.3. The third-order valence-corrected chi connectivity index (χ3v) is 5.25. The van der Waals surface area contributed by atoms with Gasteiger partial charge in [0.1, 0.15) is 0 Å². The average molecular weight is 389 g/mol. The molecule has 134 valence electrons. The van der Waals surface area contributed by atoms with Gasteiger partial charge in [-0.15, -0.1) is 10.2 Å². The SMILES string of the molecule is COC(=O)CSc1nnc(NC(=O)c2ccc(Cn3ccnc3)cc2)s1. The maximum Gasteiger partial charge on any atom is 0.316 e. The van der Waals surface area contributed by atoms with Crippen molar-refractivity contribution in [3.63, 3.8) is 0 Å². The lowest BCUT2D eigenvalue weighted by molar-refractivity contribution is -0.137. The zero-order chi connectivity index (χ0) is 18.4. The van der Waals surface area contributed by atoms with Crippen LogP contribution in [0.15, 0.2) is 47.3 Å². The van der Waals surface area contributed by atoms with Crippen molar-refractivity contribution in [3.8, 4) is 0 Å². The Labute approximate surface area is 157 Å². The van der Waals surface area contributed by atoms with Gasteiger partial charge in [-0.1, -0.05) is 35.2 Å². The van der Waals surface area contributed by atoms with Crippen LogP contribution in [-0.4, -0.2) is 44.5 Å². The molecule has 0 unspecified atom stereocenters. The Hall–Kier alpha value is -2.72. The molecule has 26 heavy (non-hydrogen) atoms. The smallest absolute Gasteiger partial charge is 0.316 e. The lowest BCUT2D eigenvalue weighted by atomic mass is 10.1. The highest BCUT2D eigenvalue weighted by Gasteiger charge is 2.12. The number of benzene rings is 1. The fraction of sp³-hybridized carbons (Fsp3) is 0.188. The molecule has 0 radical (unpaired) electrons. The van der Waals surface area contributed by atoms with Gasteiger partial charge in [-0.25, -0.2) is 4.98 Å². The predicted molar refractivity (Wildman–Crippen MR) is 98.4 cm³/mol. The van der Waals surface area contributed by atoms with E-state index in [4.69, 9.17) is 0 Å². The number of hydrogen-bond donors (Lipinski definition) is 1. The molecule has 0 aliphatic rings. The first-order valence-electron chi connectivity index (χ1n) is 7.53. The Bertz CT molecular complexity index is 878. The summed E-state index contributed by atoms with van der Waals surface area (Å²) in [5.74, 6) is -0.455. The lowest BCUT2D eigenvalue weighted by Gasteiger charge is -2.05. The summed E-state index contributed by atoms with van der Waals surface area (Å²) in [6.07, 6.45) is 5.35. The van der Waals surface area contributed by atoms with Crippen molar-refractivity contribution < 1.29 is 14.3 Å². The van der Waals surface area contributed by atoms with Gasteiger partial charge in [0.15, 0.2) is 4.34 Å². The second-order valence-electron chi connectivity index (χ2n) is 5.12. The molecule has 0 spiro atoms. The van der Waals surface area contributed by atoms with E-state index in [2.05, 4.69) is 25.2 Å². The summed E-state index contributed by atoms with van der Waals surface area (Å²) < 4.78 is 7.10. The van der Waals surface area contributed by atoms with E-state index in [-0.39, 0.29) is 17.6 Å². The van der Waals surface area contributed by atoms with Crippen LogP contribution in [0.1, 0.15) is 15.9 Å². The molecule has 0 atom stereocenters. The Morgan fingerprint density at radius 3 is 2.77 bits per heavy atom. The number of nitrogens with zero attached hydrogens (tertiary/aromatic N) is 4. The van der Waals surface area contributed by atoms with Crippen LogP contribution >= 0.6 is 23.1 Å². The standard InChI is InChI=1S/C16H15N5O3S2/c1-24-13(22)9-25-16-20-19-15(26-16)18-14(23)12-4-2-11(3-5-12)8-21-7-6-17-10-21/h2-7,10H,8-9H2,1H3,(H,18,19,23). The minimum absolute atomic E-state index is 0.150. The zero-order valence-electron chi connectivity index (χ0n) is 13.8. The van der Waals surface area contributed by atoms with Crippen molar-refractivity contribution in [2.45, 2.75) is 10.9 Å². The van der Waals surface area contributed by atoms with Crippen LogP contribution in [-0.2, 0) is 16.1 Å². The Morgan fingerprint density at radius 1 is 1.27 bits per heavy atom. The summed E-state index contributed by atoms with van der Waals surface area (Å²) in [5, 5.41) is 10.9. The number of aromatic nitrogens is 4. The highest BCUT2D eigenvalue weighted by molar-refractivity contribution is 8.01. The lowest BCUT2D eigenvalue weighted by Crippen LogP contribution is -2.11. The normalized spacial score (nSPS) is 10.5. The summed E-state index contributed by atoms with van der Waals surface area (Å²) >= 11 is 2.42. The number of hydrogen-bond acceptors (Lipinski definition) is 8. The molecular formula is C16H15N5O3S2. The number of esters is 1. The monoisotopic (exact) mass is 389 g/mol. The fourth-order valence-electron chi connectivity index (χ4n) is 2.02. The van der Waals surface area contributed by atoms with Gasteiger partial charge in [-0.3, -0.25) is 14.9 Å². The van der Waals surface area contributed by atoms with Crippen molar-refractivity contribution in [1.82, 2.24) is 19.7 Å². The van der Waals surface area contributed by atoms with Gasteiger partial charge in [0.25, 0.3) is 5.91 Å². The minimum Gasteiger partial charge on any atom is -0.468 e. The molecule has 3 aromatic rings.